The number of fused-ring (bicyclic) bond motifs is 1. The summed E-state index contributed by atoms with van der Waals surface area (Å²) in [5, 5.41) is 28.3. The number of phenols is 2. The van der Waals surface area contributed by atoms with Crippen molar-refractivity contribution < 1.29 is 38.5 Å². The van der Waals surface area contributed by atoms with Gasteiger partial charge in [0.2, 0.25) is 5.91 Å². The van der Waals surface area contributed by atoms with Crippen LogP contribution in [-0.2, 0) is 9.59 Å². The van der Waals surface area contributed by atoms with Gasteiger partial charge in [-0.2, -0.15) is 8.78 Å². The molecule has 3 fully saturated rings. The lowest BCUT2D eigenvalue weighted by Gasteiger charge is -2.57. The average molecular weight is 685 g/mol. The average Bonchev–Trinajstić information content (AvgIpc) is 2.86. The zero-order valence-corrected chi connectivity index (χ0v) is 24.1. The molecule has 0 saturated carbocycles. The minimum Gasteiger partial charge on any atom is -0.504 e. The largest absolute Gasteiger partial charge is 0.504 e. The number of β-lactam (4-membered cyclic amide) rings is 1. The zero-order chi connectivity index (χ0) is 27.9. The summed E-state index contributed by atoms with van der Waals surface area (Å²) < 4.78 is 28.9. The number of hydrogen-bond acceptors (Lipinski definition) is 8. The van der Waals surface area contributed by atoms with Crippen molar-refractivity contribution in [3.8, 4) is 11.5 Å². The van der Waals surface area contributed by atoms with Crippen molar-refractivity contribution in [3.63, 3.8) is 0 Å². The van der Waals surface area contributed by atoms with Gasteiger partial charge < -0.3 is 25.1 Å². The Bertz CT molecular complexity index is 1150. The molecule has 3 unspecified atom stereocenters. The number of benzene rings is 1. The number of carboxylic acid groups (broad SMARTS) is 1. The number of carboxylic acids is 1. The predicted octanol–water partition coefficient (Wildman–Crippen LogP) is 2.23. The molecule has 3 heterocycles. The molecule has 10 nitrogen and oxygen atoms in total. The molecule has 0 bridgehead atoms. The lowest BCUT2D eigenvalue weighted by atomic mass is 9.83. The summed E-state index contributed by atoms with van der Waals surface area (Å²) in [6.07, 6.45) is 0.161. The van der Waals surface area contributed by atoms with Crippen LogP contribution in [0.15, 0.2) is 18.2 Å². The van der Waals surface area contributed by atoms with Gasteiger partial charge in [0.05, 0.1) is 16.8 Å². The van der Waals surface area contributed by atoms with Crippen molar-refractivity contribution in [3.05, 3.63) is 23.8 Å². The van der Waals surface area contributed by atoms with Crippen LogP contribution in [-0.4, -0.2) is 118 Å². The number of thiocarbonyl (C=S) groups is 1. The minimum absolute atomic E-state index is 0.113. The number of hydrogen-bond donors (Lipinski definition) is 3. The molecule has 15 heteroatoms. The summed E-state index contributed by atoms with van der Waals surface area (Å²) in [6, 6.07) is 3.52. The third kappa shape index (κ3) is 5.25. The van der Waals surface area contributed by atoms with E-state index in [0.717, 1.165) is 11.8 Å². The van der Waals surface area contributed by atoms with E-state index in [1.807, 2.05) is 4.90 Å². The molecule has 3 aliphatic heterocycles. The van der Waals surface area contributed by atoms with E-state index in [1.54, 1.807) is 4.90 Å². The fourth-order valence-electron chi connectivity index (χ4n) is 5.14. The van der Waals surface area contributed by atoms with Crippen molar-refractivity contribution in [2.24, 2.45) is 5.41 Å². The second kappa shape index (κ2) is 11.3. The van der Waals surface area contributed by atoms with Gasteiger partial charge in [-0.1, -0.05) is 34.8 Å². The van der Waals surface area contributed by atoms with E-state index in [-0.39, 0.29) is 78.7 Å². The van der Waals surface area contributed by atoms with Crippen LogP contribution in [0, 0.1) is 5.41 Å². The van der Waals surface area contributed by atoms with Gasteiger partial charge >= 0.3 is 12.5 Å². The second-order valence-electron chi connectivity index (χ2n) is 9.57. The van der Waals surface area contributed by atoms with E-state index >= 15 is 0 Å². The van der Waals surface area contributed by atoms with Crippen LogP contribution < -0.4 is 0 Å². The van der Waals surface area contributed by atoms with E-state index in [4.69, 9.17) is 12.2 Å². The first-order valence-electron chi connectivity index (χ1n) is 11.8. The Morgan fingerprint density at radius 1 is 1.29 bits per heavy atom. The molecule has 3 aliphatic rings. The smallest absolute Gasteiger partial charge is 0.316 e. The van der Waals surface area contributed by atoms with Crippen molar-refractivity contribution in [2.45, 2.75) is 36.7 Å². The molecule has 0 aromatic heterocycles. The highest BCUT2D eigenvalue weighted by Crippen LogP contribution is 2.50. The molecule has 0 radical (unpaired) electrons. The van der Waals surface area contributed by atoms with Crippen LogP contribution in [0.3, 0.4) is 0 Å². The third-order valence-electron chi connectivity index (χ3n) is 7.26. The van der Waals surface area contributed by atoms with Crippen LogP contribution in [0.2, 0.25) is 0 Å². The maximum Gasteiger partial charge on any atom is 0.316 e. The quantitative estimate of drug-likeness (QED) is 0.0985. The maximum atomic E-state index is 14.2. The van der Waals surface area contributed by atoms with Crippen LogP contribution >= 0.6 is 46.6 Å². The molecule has 38 heavy (non-hydrogen) atoms. The topological polar surface area (TPSA) is 125 Å². The first kappa shape index (κ1) is 29.0. The van der Waals surface area contributed by atoms with Gasteiger partial charge in [0, 0.05) is 48.8 Å². The highest BCUT2D eigenvalue weighted by molar-refractivity contribution is 14.1. The second-order valence-corrected chi connectivity index (χ2v) is 12.3. The number of piperazine rings is 1. The van der Waals surface area contributed by atoms with E-state index in [0.29, 0.717) is 9.33 Å². The lowest BCUT2D eigenvalue weighted by molar-refractivity contribution is -0.164. The minimum atomic E-state index is -3.01. The number of aromatic hydroxyl groups is 2. The van der Waals surface area contributed by atoms with Crippen LogP contribution in [0.4, 0.5) is 8.78 Å². The van der Waals surface area contributed by atoms with Gasteiger partial charge in [-0.25, -0.2) is 0 Å². The first-order valence-corrected chi connectivity index (χ1v) is 14.6. The van der Waals surface area contributed by atoms with E-state index in [1.165, 1.54) is 30.0 Å². The summed E-state index contributed by atoms with van der Waals surface area (Å²) in [5.74, 6) is -2.63. The highest BCUT2D eigenvalue weighted by Gasteiger charge is 2.61. The number of thioether (sulfide) groups is 1. The van der Waals surface area contributed by atoms with Crippen LogP contribution in [0.5, 0.6) is 11.5 Å². The van der Waals surface area contributed by atoms with Crippen LogP contribution in [0.25, 0.3) is 0 Å². The Labute approximate surface area is 241 Å². The SMILES string of the molecule is CC(=S)N(C(F)F)C1S[C@@H]2CC(=O)N2CC1(CN1CCN(C(=O)c2ccc(O)c(O)c2)CC1CI)C(=O)O. The molecule has 0 spiro atoms. The summed E-state index contributed by atoms with van der Waals surface area (Å²) in [5.41, 5.74) is -1.56. The van der Waals surface area contributed by atoms with Gasteiger partial charge in [0.1, 0.15) is 10.8 Å². The van der Waals surface area contributed by atoms with E-state index in [9.17, 15) is 38.5 Å². The van der Waals surface area contributed by atoms with Crippen LogP contribution in [0.1, 0.15) is 23.7 Å². The summed E-state index contributed by atoms with van der Waals surface area (Å²) >= 11 is 8.27. The number of halogens is 3. The number of carbonyl (C=O) groups is 3. The Kier molecular flexibility index (Phi) is 8.59. The molecule has 1 aromatic rings. The normalized spacial score (nSPS) is 27.6. The number of amides is 2. The zero-order valence-electron chi connectivity index (χ0n) is 20.3. The fourth-order valence-corrected chi connectivity index (χ4v) is 7.99. The number of carbonyl (C=O) groups excluding carboxylic acids is 2. The lowest BCUT2D eigenvalue weighted by Crippen LogP contribution is -2.71. The molecule has 3 saturated heterocycles. The Hall–Kier alpha value is -1.98. The molecular weight excluding hydrogens is 657 g/mol. The summed E-state index contributed by atoms with van der Waals surface area (Å²) in [6.45, 7) is -1.25. The monoisotopic (exact) mass is 684 g/mol. The molecule has 3 N–H and O–H groups in total. The van der Waals surface area contributed by atoms with Crippen molar-refractivity contribution >= 4 is 69.3 Å². The number of alkyl halides is 3. The number of rotatable bonds is 7. The predicted molar refractivity (Wildman–Crippen MR) is 148 cm³/mol. The van der Waals surface area contributed by atoms with E-state index < -0.39 is 29.1 Å². The molecule has 4 rings (SSSR count). The van der Waals surface area contributed by atoms with Gasteiger partial charge in [-0.3, -0.25) is 24.2 Å². The van der Waals surface area contributed by atoms with Crippen molar-refractivity contribution in [2.75, 3.05) is 37.2 Å². The molecule has 4 atom stereocenters. The summed E-state index contributed by atoms with van der Waals surface area (Å²) in [4.78, 5) is 43.7. The first-order chi connectivity index (χ1) is 17.9. The number of phenolic OH excluding ortho intramolecular Hbond substituents is 2. The highest BCUT2D eigenvalue weighted by atomic mass is 127. The summed E-state index contributed by atoms with van der Waals surface area (Å²) in [7, 11) is 0. The van der Waals surface area contributed by atoms with Crippen molar-refractivity contribution in [1.29, 1.82) is 0 Å². The molecule has 208 valence electrons. The molecule has 2 amide bonds. The molecule has 1 aromatic carbocycles. The standard InChI is InChI=1S/C23H27F2IN4O6S2/c1-12(37)30(22(24)25)20-23(21(35)36,11-29-17(33)7-18(29)38-20)10-28-5-4-27(9-14(28)8-26)19(34)13-2-3-15(31)16(32)6-13/h2-3,6,14,18,20,22,31-32H,4-5,7-11H2,1H3,(H,35,36)/t14?,18-,20?,23?/m1/s1. The Morgan fingerprint density at radius 3 is 2.55 bits per heavy atom. The van der Waals surface area contributed by atoms with Crippen molar-refractivity contribution in [1.82, 2.24) is 19.6 Å². The van der Waals surface area contributed by atoms with Gasteiger partial charge in [-0.15, -0.1) is 11.8 Å². The number of nitrogens with zero attached hydrogens (tertiary/aromatic N) is 4. The van der Waals surface area contributed by atoms with Gasteiger partial charge in [0.25, 0.3) is 5.91 Å². The Balaban J connectivity index is 1.60. The third-order valence-corrected chi connectivity index (χ3v) is 10.2. The van der Waals surface area contributed by atoms with Gasteiger partial charge in [0.15, 0.2) is 11.5 Å². The fraction of sp³-hybridized carbons (Fsp3) is 0.565. The van der Waals surface area contributed by atoms with Gasteiger partial charge in [-0.05, 0) is 25.1 Å². The Morgan fingerprint density at radius 2 is 2.00 bits per heavy atom. The van der Waals surface area contributed by atoms with E-state index in [2.05, 4.69) is 22.6 Å². The number of aliphatic carboxylic acids is 1. The molecule has 0 aliphatic carbocycles. The molecular formula is C23H27F2IN4O6S2. The maximum absolute atomic E-state index is 14.2.